The topological polar surface area (TPSA) is 241 Å². The fraction of sp³-hybridized carbons (Fsp3) is 0.171. The average Bonchev–Trinajstić information content (AvgIpc) is 0.906. The first-order valence-corrected chi connectivity index (χ1v) is 33.2. The van der Waals surface area contributed by atoms with Crippen LogP contribution in [0.3, 0.4) is 0 Å². The smallest absolute Gasteiger partial charge is 0.338 e. The van der Waals surface area contributed by atoms with Gasteiger partial charge >= 0.3 is 41.8 Å². The molecule has 0 radical (unpaired) electrons. The highest BCUT2D eigenvalue weighted by molar-refractivity contribution is 7.67. The SMILES string of the molecule is Cc1ccc(-n2c(=Nc3ccccc3)ss/c2=N\[C@@H]2O[C@H](COC(=O)c3ccccc3)[C@@H](O[C@@H]3O[C@H](COC(=O)c4ccccc4)[C@H](OC(=O)c4ccccc4)[C@H](OC(=O)c4ccccc4)[C@H]3OC(=O)c3ccccc3)[C@H](OC(=O)c3ccccc3)[C@H]2OC(=O)c2ccccc2)cc1. The van der Waals surface area contributed by atoms with Crippen molar-refractivity contribution in [3.8, 4) is 5.69 Å². The summed E-state index contributed by atoms with van der Waals surface area (Å²) in [5.74, 6) is -6.59. The first-order chi connectivity index (χ1) is 47.9. The molecule has 0 unspecified atom stereocenters. The average molecular weight is 1350 g/mol. The molecule has 20 nitrogen and oxygen atoms in total. The van der Waals surface area contributed by atoms with Gasteiger partial charge in [-0.25, -0.2) is 43.5 Å². The molecular formula is C76H61N3O17S2. The van der Waals surface area contributed by atoms with Gasteiger partial charge in [-0.15, -0.1) is 0 Å². The highest BCUT2D eigenvalue weighted by Gasteiger charge is 2.58. The van der Waals surface area contributed by atoms with E-state index >= 15 is 4.79 Å². The fourth-order valence-electron chi connectivity index (χ4n) is 10.7. The van der Waals surface area contributed by atoms with E-state index in [0.29, 0.717) is 16.2 Å². The monoisotopic (exact) mass is 1350 g/mol. The van der Waals surface area contributed by atoms with Gasteiger partial charge in [-0.05, 0) is 137 Å². The van der Waals surface area contributed by atoms with E-state index in [0.717, 1.165) is 5.56 Å². The maximum absolute atomic E-state index is 15.1. The van der Waals surface area contributed by atoms with Crippen LogP contribution in [0.4, 0.5) is 5.69 Å². The zero-order chi connectivity index (χ0) is 67.7. The summed E-state index contributed by atoms with van der Waals surface area (Å²) in [6, 6.07) is 72.1. The Morgan fingerprint density at radius 2 is 0.684 bits per heavy atom. The van der Waals surface area contributed by atoms with Gasteiger partial charge in [-0.2, -0.15) is 0 Å². The van der Waals surface area contributed by atoms with Gasteiger partial charge in [0.05, 0.1) is 50.3 Å². The van der Waals surface area contributed by atoms with Crippen LogP contribution in [0.25, 0.3) is 5.69 Å². The predicted molar refractivity (Wildman–Crippen MR) is 357 cm³/mol. The van der Waals surface area contributed by atoms with Gasteiger partial charge < -0.3 is 47.4 Å². The minimum absolute atomic E-state index is 0.00705. The summed E-state index contributed by atoms with van der Waals surface area (Å²) in [5.41, 5.74) is 2.59. The molecule has 0 aliphatic carbocycles. The van der Waals surface area contributed by atoms with Crippen molar-refractivity contribution in [2.24, 2.45) is 9.98 Å². The summed E-state index contributed by atoms with van der Waals surface area (Å²) >= 11 is 0. The zero-order valence-corrected chi connectivity index (χ0v) is 53.8. The Morgan fingerprint density at radius 3 is 1.09 bits per heavy atom. The third-order valence-electron chi connectivity index (χ3n) is 15.6. The summed E-state index contributed by atoms with van der Waals surface area (Å²) in [4.78, 5) is 114. The number of aryl methyl sites for hydroxylation is 1. The molecule has 3 heterocycles. The standard InChI is InChI=1S/C76H61N3O17S2/c1-48-42-44-57(45-43-48)79-75(77-56-40-24-9-25-41-56)97-98-76(79)78-66-64(94-72(85)54-36-20-7-21-37-54)62(92-70(83)52-32-16-5-17-33-52)61(58(89-66)46-87-67(80)49-26-10-2-11-27-49)96-74-65(95-73(86)55-38-22-8-23-39-55)63(93-71(84)53-34-18-6-19-35-53)60(91-69(82)51-30-14-4-15-31-51)59(90-74)47-88-68(81)50-28-12-3-13-29-50/h2-45,58-66,74H,46-47H2,1H3/b77-75?,78-76-/t58-,59-,60+,61-,62+,63+,64-,65-,66-,74+/m1/s1. The van der Waals surface area contributed by atoms with Crippen molar-refractivity contribution in [1.29, 1.82) is 0 Å². The number of para-hydroxylation sites is 1. The van der Waals surface area contributed by atoms with Gasteiger partial charge in [0.15, 0.2) is 43.0 Å². The molecular weight excluding hydrogens is 1290 g/mol. The van der Waals surface area contributed by atoms with E-state index in [2.05, 4.69) is 0 Å². The van der Waals surface area contributed by atoms with E-state index in [1.807, 2.05) is 61.5 Å². The Labute approximate surface area is 568 Å². The molecule has 0 amide bonds. The molecule has 2 saturated heterocycles. The number of rotatable bonds is 21. The number of esters is 7. The summed E-state index contributed by atoms with van der Waals surface area (Å²) in [7, 11) is 2.47. The molecule has 0 saturated carbocycles. The van der Waals surface area contributed by atoms with E-state index in [4.69, 9.17) is 57.4 Å². The second-order valence-corrected chi connectivity index (χ2v) is 24.4. The van der Waals surface area contributed by atoms with Gasteiger partial charge in [-0.1, -0.05) is 163 Å². The first kappa shape index (κ1) is 66.7. The number of nitrogens with zero attached hydrogens (tertiary/aromatic N) is 3. The van der Waals surface area contributed by atoms with Crippen LogP contribution >= 0.6 is 20.7 Å². The molecule has 22 heteroatoms. The molecule has 0 bridgehead atoms. The number of hydrogen-bond donors (Lipinski definition) is 0. The van der Waals surface area contributed by atoms with Gasteiger partial charge in [0.2, 0.25) is 9.60 Å². The quantitative estimate of drug-likeness (QED) is 0.0369. The van der Waals surface area contributed by atoms with Crippen molar-refractivity contribution in [2.75, 3.05) is 13.2 Å². The van der Waals surface area contributed by atoms with Crippen LogP contribution < -0.4 is 9.60 Å². The highest BCUT2D eigenvalue weighted by atomic mass is 32.9. The highest BCUT2D eigenvalue weighted by Crippen LogP contribution is 2.38. The van der Waals surface area contributed by atoms with Crippen LogP contribution in [0.1, 0.15) is 78.1 Å². The van der Waals surface area contributed by atoms with Crippen molar-refractivity contribution in [1.82, 2.24) is 4.57 Å². The van der Waals surface area contributed by atoms with E-state index in [1.54, 1.807) is 132 Å². The lowest BCUT2D eigenvalue weighted by atomic mass is 9.95. The molecule has 2 aliphatic rings. The Balaban J connectivity index is 1.06. The van der Waals surface area contributed by atoms with Crippen molar-refractivity contribution in [2.45, 2.75) is 68.3 Å². The van der Waals surface area contributed by atoms with Crippen molar-refractivity contribution < 1.29 is 80.9 Å². The van der Waals surface area contributed by atoms with Gasteiger partial charge in [0.1, 0.15) is 31.5 Å². The molecule has 2 aliphatic heterocycles. The van der Waals surface area contributed by atoms with Crippen LogP contribution in [0.15, 0.2) is 277 Å². The number of carbonyl (C=O) groups excluding carboxylic acids is 7. The molecule has 98 heavy (non-hydrogen) atoms. The number of ether oxygens (including phenoxy) is 10. The largest absolute Gasteiger partial charge is 0.459 e. The first-order valence-electron chi connectivity index (χ1n) is 31.0. The van der Waals surface area contributed by atoms with Crippen molar-refractivity contribution in [3.05, 3.63) is 321 Å². The van der Waals surface area contributed by atoms with E-state index in [9.17, 15) is 28.8 Å². The zero-order valence-electron chi connectivity index (χ0n) is 52.2. The molecule has 0 spiro atoms. The Kier molecular flexibility index (Phi) is 21.8. The van der Waals surface area contributed by atoms with Crippen LogP contribution in [0.2, 0.25) is 0 Å². The molecule has 494 valence electrons. The number of carbonyl (C=O) groups is 7. The minimum atomic E-state index is -2.11. The molecule has 10 atom stereocenters. The summed E-state index contributed by atoms with van der Waals surface area (Å²) in [6.07, 6.45) is -18.6. The van der Waals surface area contributed by atoms with E-state index < -0.39 is 116 Å². The second kappa shape index (κ2) is 32.0. The second-order valence-electron chi connectivity index (χ2n) is 22.3. The third kappa shape index (κ3) is 16.5. The van der Waals surface area contributed by atoms with Gasteiger partial charge in [0.25, 0.3) is 0 Å². The Hall–Kier alpha value is -11.3. The lowest BCUT2D eigenvalue weighted by Gasteiger charge is -2.48. The summed E-state index contributed by atoms with van der Waals surface area (Å²) < 4.78 is 67.6. The molecule has 2 fully saturated rings. The minimum Gasteiger partial charge on any atom is -0.459 e. The fourth-order valence-corrected chi connectivity index (χ4v) is 12.9. The van der Waals surface area contributed by atoms with Gasteiger partial charge in [-0.3, -0.25) is 4.57 Å². The molecule has 1 aromatic heterocycles. The number of aromatic nitrogens is 1. The summed E-state index contributed by atoms with van der Waals surface area (Å²) in [6.45, 7) is 0.453. The number of benzene rings is 9. The lowest BCUT2D eigenvalue weighted by Crippen LogP contribution is -2.67. The normalized spacial score (nSPS) is 20.7. The molecule has 10 aromatic rings. The van der Waals surface area contributed by atoms with Crippen molar-refractivity contribution in [3.63, 3.8) is 0 Å². The Bertz CT molecular complexity index is 4510. The summed E-state index contributed by atoms with van der Waals surface area (Å²) in [5, 5.41) is 0. The van der Waals surface area contributed by atoms with E-state index in [-0.39, 0.29) is 43.7 Å². The van der Waals surface area contributed by atoms with Crippen LogP contribution in [0.5, 0.6) is 0 Å². The molecule has 0 N–H and O–H groups in total. The van der Waals surface area contributed by atoms with Crippen LogP contribution in [-0.2, 0) is 47.4 Å². The molecule has 9 aromatic carbocycles. The third-order valence-corrected chi connectivity index (χ3v) is 17.7. The Morgan fingerprint density at radius 1 is 0.357 bits per heavy atom. The number of hydrogen-bond acceptors (Lipinski definition) is 21. The molecule has 12 rings (SSSR count). The predicted octanol–water partition coefficient (Wildman–Crippen LogP) is 11.7. The van der Waals surface area contributed by atoms with Gasteiger partial charge in [0, 0.05) is 0 Å². The van der Waals surface area contributed by atoms with Crippen LogP contribution in [0, 0.1) is 6.92 Å². The maximum Gasteiger partial charge on any atom is 0.338 e. The maximum atomic E-state index is 15.1. The lowest BCUT2D eigenvalue weighted by molar-refractivity contribution is -0.338. The van der Waals surface area contributed by atoms with E-state index in [1.165, 1.54) is 106 Å². The van der Waals surface area contributed by atoms with Crippen molar-refractivity contribution >= 4 is 68.2 Å². The van der Waals surface area contributed by atoms with Crippen LogP contribution in [-0.4, -0.2) is 121 Å².